The molecule has 3 fully saturated rings. The molecule has 2 amide bonds. The van der Waals surface area contributed by atoms with E-state index >= 15 is 0 Å². The number of aromatic nitrogens is 3. The van der Waals surface area contributed by atoms with Gasteiger partial charge >= 0.3 is 0 Å². The number of piperidine rings is 3. The van der Waals surface area contributed by atoms with Gasteiger partial charge in [-0.1, -0.05) is 0 Å². The topological polar surface area (TPSA) is 132 Å². The Bertz CT molecular complexity index is 962. The number of rotatable bonds is 3. The molecule has 0 aliphatic carbocycles. The fourth-order valence-corrected chi connectivity index (χ4v) is 5.56. The Morgan fingerprint density at radius 2 is 2.16 bits per heavy atom. The molecule has 2 aromatic heterocycles. The summed E-state index contributed by atoms with van der Waals surface area (Å²) in [5, 5.41) is 18.1. The van der Waals surface area contributed by atoms with Crippen LogP contribution in [-0.2, 0) is 14.4 Å². The van der Waals surface area contributed by atoms with Gasteiger partial charge in [0.15, 0.2) is 0 Å². The molecule has 31 heavy (non-hydrogen) atoms. The van der Waals surface area contributed by atoms with Crippen LogP contribution in [0.25, 0.3) is 10.9 Å². The van der Waals surface area contributed by atoms with Crippen molar-refractivity contribution < 1.29 is 19.5 Å². The van der Waals surface area contributed by atoms with Crippen LogP contribution in [0.2, 0.25) is 0 Å². The third-order valence-electron chi connectivity index (χ3n) is 6.70. The highest BCUT2D eigenvalue weighted by Gasteiger charge is 2.49. The molecular formula is C21H28N6O4. The highest BCUT2D eigenvalue weighted by molar-refractivity contribution is 5.89. The number of nitrogens with zero attached hydrogens (tertiary/aromatic N) is 4. The maximum atomic E-state index is 12.8. The number of nitrogens with one attached hydrogen (secondary N) is 2. The van der Waals surface area contributed by atoms with Gasteiger partial charge in [-0.3, -0.25) is 19.5 Å². The fourth-order valence-electron chi connectivity index (χ4n) is 5.56. The molecule has 3 aliphatic heterocycles. The Morgan fingerprint density at radius 3 is 2.94 bits per heavy atom. The van der Waals surface area contributed by atoms with E-state index in [1.54, 1.807) is 0 Å². The van der Waals surface area contributed by atoms with Crippen LogP contribution in [0.1, 0.15) is 32.6 Å². The first-order valence-electron chi connectivity index (χ1n) is 10.7. The monoisotopic (exact) mass is 428 g/mol. The third kappa shape index (κ3) is 4.06. The predicted octanol–water partition coefficient (Wildman–Crippen LogP) is 1.00. The van der Waals surface area contributed by atoms with E-state index in [1.807, 2.05) is 18.5 Å². The summed E-state index contributed by atoms with van der Waals surface area (Å²) in [5.74, 6) is 1.95. The number of H-pyrrole nitrogens is 1. The number of aromatic amines is 1. The van der Waals surface area contributed by atoms with Gasteiger partial charge in [-0.25, -0.2) is 4.98 Å². The third-order valence-corrected chi connectivity index (χ3v) is 6.70. The molecule has 0 saturated carbocycles. The first-order chi connectivity index (χ1) is 15.0. The van der Waals surface area contributed by atoms with E-state index in [4.69, 9.17) is 9.90 Å². The van der Waals surface area contributed by atoms with Crippen molar-refractivity contribution in [3.05, 3.63) is 18.5 Å². The lowest BCUT2D eigenvalue weighted by Crippen LogP contribution is -2.67. The Morgan fingerprint density at radius 1 is 1.39 bits per heavy atom. The van der Waals surface area contributed by atoms with Crippen LogP contribution in [0.4, 0.5) is 5.82 Å². The maximum absolute atomic E-state index is 12.8. The van der Waals surface area contributed by atoms with Crippen molar-refractivity contribution in [2.24, 2.45) is 11.8 Å². The minimum Gasteiger partial charge on any atom is -0.483 e. The molecular weight excluding hydrogens is 400 g/mol. The second-order valence-corrected chi connectivity index (χ2v) is 8.50. The molecule has 5 heterocycles. The molecule has 10 heteroatoms. The van der Waals surface area contributed by atoms with Gasteiger partial charge in [0.1, 0.15) is 5.82 Å². The number of hydrogen-bond donors (Lipinski definition) is 3. The molecule has 4 atom stereocenters. The van der Waals surface area contributed by atoms with Crippen LogP contribution in [0.5, 0.6) is 0 Å². The largest absolute Gasteiger partial charge is 0.483 e. The van der Waals surface area contributed by atoms with E-state index in [0.717, 1.165) is 49.1 Å². The summed E-state index contributed by atoms with van der Waals surface area (Å²) < 4.78 is 0. The van der Waals surface area contributed by atoms with Crippen LogP contribution < -0.4 is 10.2 Å². The Kier molecular flexibility index (Phi) is 6.06. The molecule has 3 aliphatic rings. The number of carbonyl (C=O) groups is 3. The molecule has 2 aromatic rings. The van der Waals surface area contributed by atoms with E-state index in [9.17, 15) is 9.59 Å². The lowest BCUT2D eigenvalue weighted by Gasteiger charge is -2.56. The SMILES string of the molecule is CC(=O)NC[C@H]1[C@H]2C[C@H](CN(c3nccc4[nH]ncc34)C2)[C@@H]2CCCC(=O)N21.O=CO. The molecule has 3 N–H and O–H groups in total. The van der Waals surface area contributed by atoms with Crippen LogP contribution in [-0.4, -0.2) is 75.2 Å². The zero-order chi connectivity index (χ0) is 22.0. The van der Waals surface area contributed by atoms with E-state index < -0.39 is 0 Å². The normalized spacial score (nSPS) is 27.2. The van der Waals surface area contributed by atoms with Crippen molar-refractivity contribution in [3.63, 3.8) is 0 Å². The first kappa shape index (κ1) is 21.1. The standard InChI is InChI=1S/C20H26N6O2.CH2O2/c1-12(27)22-9-18-14-7-13(17-3-2-4-19(28)26(17)18)10-25(11-14)20-15-8-23-24-16(15)5-6-21-20;2-1-3/h5-6,8,13-14,17-18H,2-4,7,9-11H2,1H3,(H,22,27)(H,23,24);1H,(H,2,3)/t13-,14+,17+,18+;/m1./s1. The van der Waals surface area contributed by atoms with Gasteiger partial charge in [-0.15, -0.1) is 0 Å². The maximum Gasteiger partial charge on any atom is 0.290 e. The number of carboxylic acid groups (broad SMARTS) is 1. The predicted molar refractivity (Wildman–Crippen MR) is 113 cm³/mol. The average Bonchev–Trinajstić information content (AvgIpc) is 3.23. The second kappa shape index (κ2) is 8.91. The zero-order valence-electron chi connectivity index (χ0n) is 17.5. The van der Waals surface area contributed by atoms with Crippen molar-refractivity contribution in [1.82, 2.24) is 25.4 Å². The van der Waals surface area contributed by atoms with Gasteiger partial charge in [-0.2, -0.15) is 5.10 Å². The van der Waals surface area contributed by atoms with Crippen LogP contribution in [0, 0.1) is 11.8 Å². The van der Waals surface area contributed by atoms with E-state index in [1.165, 1.54) is 6.92 Å². The van der Waals surface area contributed by atoms with Crippen LogP contribution in [0.3, 0.4) is 0 Å². The summed E-state index contributed by atoms with van der Waals surface area (Å²) in [6.07, 6.45) is 7.42. The lowest BCUT2D eigenvalue weighted by atomic mass is 9.72. The highest BCUT2D eigenvalue weighted by Crippen LogP contribution is 2.42. The molecule has 0 spiro atoms. The van der Waals surface area contributed by atoms with Gasteiger partial charge in [0.2, 0.25) is 11.8 Å². The molecule has 0 unspecified atom stereocenters. The van der Waals surface area contributed by atoms with Crippen molar-refractivity contribution in [2.45, 2.75) is 44.7 Å². The van der Waals surface area contributed by atoms with Gasteiger partial charge in [0.25, 0.3) is 6.47 Å². The summed E-state index contributed by atoms with van der Waals surface area (Å²) in [6.45, 7) is 3.58. The van der Waals surface area contributed by atoms with E-state index in [2.05, 4.69) is 30.3 Å². The molecule has 0 aromatic carbocycles. The van der Waals surface area contributed by atoms with Crippen LogP contribution in [0.15, 0.2) is 18.5 Å². The summed E-state index contributed by atoms with van der Waals surface area (Å²) in [7, 11) is 0. The Balaban J connectivity index is 0.000000730. The lowest BCUT2D eigenvalue weighted by molar-refractivity contribution is -0.149. The quantitative estimate of drug-likeness (QED) is 0.622. The van der Waals surface area contributed by atoms with E-state index in [0.29, 0.717) is 24.8 Å². The first-order valence-corrected chi connectivity index (χ1v) is 10.7. The molecule has 0 radical (unpaired) electrons. The zero-order valence-corrected chi connectivity index (χ0v) is 17.5. The Labute approximate surface area is 180 Å². The van der Waals surface area contributed by atoms with Crippen molar-refractivity contribution in [2.75, 3.05) is 24.5 Å². The second-order valence-electron chi connectivity index (χ2n) is 8.50. The number of fused-ring (bicyclic) bond motifs is 5. The van der Waals surface area contributed by atoms with Gasteiger partial charge < -0.3 is 20.2 Å². The van der Waals surface area contributed by atoms with Gasteiger partial charge in [0, 0.05) is 45.2 Å². The summed E-state index contributed by atoms with van der Waals surface area (Å²) >= 11 is 0. The summed E-state index contributed by atoms with van der Waals surface area (Å²) in [5.41, 5.74) is 0.991. The average molecular weight is 428 g/mol. The molecule has 10 nitrogen and oxygen atoms in total. The number of pyridine rings is 1. The Hall–Kier alpha value is -3.17. The summed E-state index contributed by atoms with van der Waals surface area (Å²) in [6, 6.07) is 2.27. The van der Waals surface area contributed by atoms with Gasteiger partial charge in [-0.05, 0) is 37.2 Å². The van der Waals surface area contributed by atoms with E-state index in [-0.39, 0.29) is 30.4 Å². The number of anilines is 1. The van der Waals surface area contributed by atoms with Crippen LogP contribution >= 0.6 is 0 Å². The molecule has 2 bridgehead atoms. The molecule has 3 saturated heterocycles. The smallest absolute Gasteiger partial charge is 0.290 e. The number of hydrogen-bond acceptors (Lipinski definition) is 6. The summed E-state index contributed by atoms with van der Waals surface area (Å²) in [4.78, 5) is 41.9. The molecule has 166 valence electrons. The number of carbonyl (C=O) groups excluding carboxylic acids is 2. The van der Waals surface area contributed by atoms with Crippen molar-refractivity contribution in [1.29, 1.82) is 0 Å². The number of amides is 2. The minimum atomic E-state index is -0.250. The molecule has 5 rings (SSSR count). The van der Waals surface area contributed by atoms with Crippen molar-refractivity contribution in [3.8, 4) is 0 Å². The fraction of sp³-hybridized carbons (Fsp3) is 0.571. The van der Waals surface area contributed by atoms with Gasteiger partial charge in [0.05, 0.1) is 23.1 Å². The minimum absolute atomic E-state index is 0.0411. The van der Waals surface area contributed by atoms with Crippen molar-refractivity contribution >= 4 is 35.0 Å². The highest BCUT2D eigenvalue weighted by atomic mass is 16.3.